The minimum absolute atomic E-state index is 0.0509. The molecular weight excluding hydrogens is 536 g/mol. The van der Waals surface area contributed by atoms with Crippen molar-refractivity contribution in [3.05, 3.63) is 120 Å². The summed E-state index contributed by atoms with van der Waals surface area (Å²) in [4.78, 5) is 19.9. The minimum atomic E-state index is -0.245. The van der Waals surface area contributed by atoms with Crippen molar-refractivity contribution in [2.24, 2.45) is 4.99 Å². The lowest BCUT2D eigenvalue weighted by atomic mass is 9.84. The van der Waals surface area contributed by atoms with Crippen molar-refractivity contribution in [1.82, 2.24) is 4.57 Å². The molecule has 1 aromatic heterocycles. The topological polar surface area (TPSA) is 71.3 Å². The summed E-state index contributed by atoms with van der Waals surface area (Å²) in [5.74, 6) is 3.01. The summed E-state index contributed by atoms with van der Waals surface area (Å²) in [6.45, 7) is 0.209. The van der Waals surface area contributed by atoms with Gasteiger partial charge in [-0.05, 0) is 95.6 Å². The van der Waals surface area contributed by atoms with Crippen molar-refractivity contribution in [2.75, 3.05) is 21.0 Å². The molecule has 1 aliphatic carbocycles. The number of ether oxygens (including phenoxy) is 4. The normalized spacial score (nSPS) is 18.6. The van der Waals surface area contributed by atoms with E-state index in [1.165, 1.54) is 22.5 Å². The van der Waals surface area contributed by atoms with E-state index in [4.69, 9.17) is 23.9 Å². The van der Waals surface area contributed by atoms with Crippen LogP contribution in [0.2, 0.25) is 0 Å². The summed E-state index contributed by atoms with van der Waals surface area (Å²) >= 11 is 1.42. The van der Waals surface area contributed by atoms with Gasteiger partial charge in [0.05, 0.1) is 30.5 Å². The molecule has 0 bridgehead atoms. The molecule has 0 fully saturated rings. The highest BCUT2D eigenvalue weighted by atomic mass is 32.1. The number of nitrogens with zero attached hydrogens (tertiary/aromatic N) is 2. The van der Waals surface area contributed by atoms with Crippen LogP contribution in [0.1, 0.15) is 42.0 Å². The van der Waals surface area contributed by atoms with Crippen LogP contribution in [-0.2, 0) is 0 Å². The van der Waals surface area contributed by atoms with Crippen molar-refractivity contribution in [2.45, 2.75) is 25.3 Å². The van der Waals surface area contributed by atoms with E-state index >= 15 is 0 Å². The lowest BCUT2D eigenvalue weighted by Crippen LogP contribution is -2.39. The fraction of sp³-hybridized carbons (Fsp3) is 0.212. The number of hydrogen-bond donors (Lipinski definition) is 0. The fourth-order valence-electron chi connectivity index (χ4n) is 5.70. The van der Waals surface area contributed by atoms with Crippen LogP contribution in [0, 0.1) is 0 Å². The van der Waals surface area contributed by atoms with Gasteiger partial charge in [0.1, 0.15) is 11.5 Å². The van der Waals surface area contributed by atoms with E-state index in [2.05, 4.69) is 30.3 Å². The van der Waals surface area contributed by atoms with Gasteiger partial charge in [0.25, 0.3) is 5.56 Å². The third kappa shape index (κ3) is 4.64. The third-order valence-corrected chi connectivity index (χ3v) is 8.70. The van der Waals surface area contributed by atoms with Crippen LogP contribution in [-0.4, -0.2) is 25.6 Å². The lowest BCUT2D eigenvalue weighted by Gasteiger charge is -2.31. The van der Waals surface area contributed by atoms with Crippen LogP contribution >= 0.6 is 11.3 Å². The zero-order valence-corrected chi connectivity index (χ0v) is 23.6. The average Bonchev–Trinajstić information content (AvgIpc) is 3.60. The van der Waals surface area contributed by atoms with Gasteiger partial charge < -0.3 is 18.9 Å². The first-order chi connectivity index (χ1) is 20.1. The molecule has 0 saturated carbocycles. The zero-order chi connectivity index (χ0) is 27.9. The molecule has 0 unspecified atom stereocenters. The largest absolute Gasteiger partial charge is 0.497 e. The van der Waals surface area contributed by atoms with Gasteiger partial charge in [0.15, 0.2) is 16.3 Å². The maximum Gasteiger partial charge on any atom is 0.271 e. The molecule has 0 amide bonds. The van der Waals surface area contributed by atoms with Gasteiger partial charge in [-0.3, -0.25) is 9.36 Å². The molecule has 0 saturated heterocycles. The molecule has 206 valence electrons. The molecule has 3 aromatic carbocycles. The van der Waals surface area contributed by atoms with Crippen LogP contribution in [0.3, 0.4) is 0 Å². The SMILES string of the molecule is COc1ccc(/C=C2/CCCC3=C2N=c2sc(=Cc4ccc5c(c4)OCO5)c(=O)n2[C@@H]3c2ccc(OC)cc2)cc1. The molecule has 4 aromatic rings. The first-order valence-electron chi connectivity index (χ1n) is 13.5. The summed E-state index contributed by atoms with van der Waals surface area (Å²) in [6, 6.07) is 21.5. The standard InChI is InChI=1S/C33H28N2O5S/c1-37-24-11-6-20(7-12-24)16-23-4-3-5-26-30(23)34-33-35(31(26)22-9-13-25(38-2)14-10-22)32(36)29(41-33)18-21-8-15-27-28(17-21)40-19-39-27/h6-18,31H,3-5,19H2,1-2H3/b23-16-,29-18?/t31-/m1/s1. The summed E-state index contributed by atoms with van der Waals surface area (Å²) in [7, 11) is 3.33. The van der Waals surface area contributed by atoms with Crippen LogP contribution in [0.25, 0.3) is 12.2 Å². The summed E-state index contributed by atoms with van der Waals surface area (Å²) in [5.41, 5.74) is 6.30. The monoisotopic (exact) mass is 564 g/mol. The van der Waals surface area contributed by atoms with E-state index in [1.807, 2.05) is 53.1 Å². The van der Waals surface area contributed by atoms with Crippen molar-refractivity contribution in [3.63, 3.8) is 0 Å². The van der Waals surface area contributed by atoms with Gasteiger partial charge in [-0.15, -0.1) is 0 Å². The molecule has 41 heavy (non-hydrogen) atoms. The Kier molecular flexibility index (Phi) is 6.47. The van der Waals surface area contributed by atoms with Crippen molar-refractivity contribution >= 4 is 23.5 Å². The van der Waals surface area contributed by atoms with E-state index in [0.29, 0.717) is 20.8 Å². The smallest absolute Gasteiger partial charge is 0.271 e. The summed E-state index contributed by atoms with van der Waals surface area (Å²) < 4.78 is 24.2. The lowest BCUT2D eigenvalue weighted by molar-refractivity contribution is 0.174. The number of methoxy groups -OCH3 is 2. The van der Waals surface area contributed by atoms with Crippen molar-refractivity contribution in [3.8, 4) is 23.0 Å². The Morgan fingerprint density at radius 1 is 0.878 bits per heavy atom. The quantitative estimate of drug-likeness (QED) is 0.332. The van der Waals surface area contributed by atoms with Crippen molar-refractivity contribution < 1.29 is 18.9 Å². The first-order valence-corrected chi connectivity index (χ1v) is 14.4. The van der Waals surface area contributed by atoms with Gasteiger partial charge in [-0.2, -0.15) is 0 Å². The molecule has 1 atom stereocenters. The zero-order valence-electron chi connectivity index (χ0n) is 22.8. The third-order valence-electron chi connectivity index (χ3n) is 7.72. The highest BCUT2D eigenvalue weighted by molar-refractivity contribution is 7.07. The predicted octanol–water partition coefficient (Wildman–Crippen LogP) is 5.23. The molecule has 3 aliphatic rings. The van der Waals surface area contributed by atoms with E-state index in [9.17, 15) is 4.79 Å². The fourth-order valence-corrected chi connectivity index (χ4v) is 6.70. The van der Waals surface area contributed by atoms with Crippen LogP contribution in [0.15, 0.2) is 93.4 Å². The molecule has 7 rings (SSSR count). The average molecular weight is 565 g/mol. The highest BCUT2D eigenvalue weighted by Gasteiger charge is 2.32. The summed E-state index contributed by atoms with van der Waals surface area (Å²) in [5, 5.41) is 0. The van der Waals surface area contributed by atoms with Gasteiger partial charge in [0.2, 0.25) is 6.79 Å². The molecular formula is C33H28N2O5S. The van der Waals surface area contributed by atoms with Crippen LogP contribution in [0.4, 0.5) is 0 Å². The number of hydrogen-bond acceptors (Lipinski definition) is 7. The molecule has 7 nitrogen and oxygen atoms in total. The Bertz CT molecular complexity index is 1880. The Hall–Kier alpha value is -4.56. The Morgan fingerprint density at radius 3 is 2.34 bits per heavy atom. The predicted molar refractivity (Wildman–Crippen MR) is 158 cm³/mol. The maximum absolute atomic E-state index is 14.0. The van der Waals surface area contributed by atoms with Gasteiger partial charge in [-0.25, -0.2) is 4.99 Å². The Morgan fingerprint density at radius 2 is 1.59 bits per heavy atom. The van der Waals surface area contributed by atoms with E-state index < -0.39 is 0 Å². The number of allylic oxidation sites excluding steroid dienone is 2. The highest BCUT2D eigenvalue weighted by Crippen LogP contribution is 2.41. The van der Waals surface area contributed by atoms with E-state index in [0.717, 1.165) is 53.1 Å². The van der Waals surface area contributed by atoms with Crippen LogP contribution in [0.5, 0.6) is 23.0 Å². The maximum atomic E-state index is 14.0. The van der Waals surface area contributed by atoms with Gasteiger partial charge in [-0.1, -0.05) is 41.7 Å². The van der Waals surface area contributed by atoms with Gasteiger partial charge >= 0.3 is 0 Å². The number of thiazole rings is 1. The molecule has 8 heteroatoms. The van der Waals surface area contributed by atoms with Gasteiger partial charge in [0, 0.05) is 0 Å². The number of fused-ring (bicyclic) bond motifs is 2. The van der Waals surface area contributed by atoms with Crippen LogP contribution < -0.4 is 33.8 Å². The molecule has 3 heterocycles. The number of rotatable bonds is 5. The van der Waals surface area contributed by atoms with E-state index in [1.54, 1.807) is 14.2 Å². The second kappa shape index (κ2) is 10.4. The second-order valence-corrected chi connectivity index (χ2v) is 11.1. The minimum Gasteiger partial charge on any atom is -0.497 e. The Balaban J connectivity index is 1.40. The molecule has 2 aliphatic heterocycles. The Labute approximate surface area is 240 Å². The molecule has 0 radical (unpaired) electrons. The first kappa shape index (κ1) is 25.4. The second-order valence-electron chi connectivity index (χ2n) is 10.1. The molecule has 0 spiro atoms. The number of benzene rings is 3. The summed E-state index contributed by atoms with van der Waals surface area (Å²) in [6.07, 6.45) is 6.92. The number of aromatic nitrogens is 1. The molecule has 0 N–H and O–H groups in total. The van der Waals surface area contributed by atoms with E-state index in [-0.39, 0.29) is 18.4 Å². The van der Waals surface area contributed by atoms with Crippen molar-refractivity contribution in [1.29, 1.82) is 0 Å².